The maximum atomic E-state index is 6.04. The Morgan fingerprint density at radius 1 is 1.64 bits per heavy atom. The highest BCUT2D eigenvalue weighted by Crippen LogP contribution is 2.35. The lowest BCUT2D eigenvalue weighted by Gasteiger charge is -2.32. The summed E-state index contributed by atoms with van der Waals surface area (Å²) >= 11 is 7.61. The Bertz CT molecular complexity index is 301. The molecule has 1 aromatic rings. The number of nitrogens with two attached hydrogens (primary N) is 1. The monoisotopic (exact) mass is 234 g/mol. The molecular formula is C9H15ClN2OS. The van der Waals surface area contributed by atoms with Crippen molar-refractivity contribution in [1.82, 2.24) is 5.43 Å². The fourth-order valence-corrected chi connectivity index (χ4v) is 2.62. The van der Waals surface area contributed by atoms with Gasteiger partial charge in [-0.05, 0) is 25.3 Å². The van der Waals surface area contributed by atoms with E-state index in [0.29, 0.717) is 0 Å². The van der Waals surface area contributed by atoms with Gasteiger partial charge in [-0.25, -0.2) is 5.43 Å². The summed E-state index contributed by atoms with van der Waals surface area (Å²) in [6.07, 6.45) is 0. The molecule has 0 aliphatic heterocycles. The Morgan fingerprint density at radius 2 is 2.29 bits per heavy atom. The van der Waals surface area contributed by atoms with E-state index in [4.69, 9.17) is 22.2 Å². The van der Waals surface area contributed by atoms with E-state index in [1.807, 2.05) is 25.3 Å². The Hall–Kier alpha value is -0.130. The molecule has 0 spiro atoms. The van der Waals surface area contributed by atoms with Crippen molar-refractivity contribution in [1.29, 1.82) is 0 Å². The minimum atomic E-state index is -0.386. The van der Waals surface area contributed by atoms with E-state index in [0.717, 1.165) is 9.90 Å². The van der Waals surface area contributed by atoms with Crippen LogP contribution in [0, 0.1) is 0 Å². The molecule has 0 amide bonds. The van der Waals surface area contributed by atoms with Gasteiger partial charge >= 0.3 is 0 Å². The van der Waals surface area contributed by atoms with Gasteiger partial charge in [0.05, 0.1) is 16.7 Å². The van der Waals surface area contributed by atoms with Crippen LogP contribution in [0.3, 0.4) is 0 Å². The third-order valence-corrected chi connectivity index (χ3v) is 3.72. The van der Waals surface area contributed by atoms with Crippen LogP contribution in [0.15, 0.2) is 11.4 Å². The second-order valence-corrected chi connectivity index (χ2v) is 4.89. The maximum Gasteiger partial charge on any atom is 0.0852 e. The molecule has 3 nitrogen and oxygen atoms in total. The van der Waals surface area contributed by atoms with Gasteiger partial charge in [0.2, 0.25) is 0 Å². The van der Waals surface area contributed by atoms with E-state index in [2.05, 4.69) is 5.43 Å². The number of hydrazine groups is 1. The van der Waals surface area contributed by atoms with Crippen LogP contribution in [0.1, 0.15) is 24.8 Å². The van der Waals surface area contributed by atoms with Crippen molar-refractivity contribution in [2.24, 2.45) is 5.84 Å². The maximum absolute atomic E-state index is 6.04. The summed E-state index contributed by atoms with van der Waals surface area (Å²) in [6, 6.07) is 1.76. The zero-order valence-electron chi connectivity index (χ0n) is 8.50. The van der Waals surface area contributed by atoms with Crippen LogP contribution < -0.4 is 11.3 Å². The summed E-state index contributed by atoms with van der Waals surface area (Å²) < 4.78 is 5.38. The molecule has 0 radical (unpaired) electrons. The highest BCUT2D eigenvalue weighted by Gasteiger charge is 2.32. The zero-order chi connectivity index (χ0) is 10.8. The molecule has 1 heterocycles. The van der Waals surface area contributed by atoms with Crippen molar-refractivity contribution in [3.63, 3.8) is 0 Å². The van der Waals surface area contributed by atoms with Crippen molar-refractivity contribution < 1.29 is 4.74 Å². The third-order valence-electron chi connectivity index (χ3n) is 2.29. The molecule has 1 atom stereocenters. The van der Waals surface area contributed by atoms with Gasteiger partial charge in [-0.2, -0.15) is 0 Å². The smallest absolute Gasteiger partial charge is 0.0852 e. The summed E-state index contributed by atoms with van der Waals surface area (Å²) in [6.45, 7) is 3.93. The quantitative estimate of drug-likeness (QED) is 0.621. The van der Waals surface area contributed by atoms with Crippen molar-refractivity contribution in [2.75, 3.05) is 7.11 Å². The first kappa shape index (κ1) is 11.9. The van der Waals surface area contributed by atoms with Gasteiger partial charge in [0.15, 0.2) is 0 Å². The van der Waals surface area contributed by atoms with E-state index in [1.165, 1.54) is 0 Å². The molecule has 80 valence electrons. The molecule has 0 aromatic carbocycles. The van der Waals surface area contributed by atoms with Crippen molar-refractivity contribution in [3.8, 4) is 0 Å². The molecule has 0 bridgehead atoms. The van der Waals surface area contributed by atoms with Crippen molar-refractivity contribution in [3.05, 3.63) is 21.3 Å². The molecule has 1 rings (SSSR count). The van der Waals surface area contributed by atoms with Gasteiger partial charge in [-0.3, -0.25) is 5.84 Å². The van der Waals surface area contributed by atoms with Gasteiger partial charge in [0, 0.05) is 12.0 Å². The van der Waals surface area contributed by atoms with Crippen molar-refractivity contribution in [2.45, 2.75) is 25.5 Å². The zero-order valence-corrected chi connectivity index (χ0v) is 10.1. The first-order valence-corrected chi connectivity index (χ1v) is 5.53. The predicted molar refractivity (Wildman–Crippen MR) is 60.5 cm³/mol. The molecule has 0 aliphatic rings. The van der Waals surface area contributed by atoms with Gasteiger partial charge in [0.1, 0.15) is 0 Å². The van der Waals surface area contributed by atoms with E-state index in [-0.39, 0.29) is 11.6 Å². The largest absolute Gasteiger partial charge is 0.377 e. The fourth-order valence-electron chi connectivity index (χ4n) is 1.22. The second kappa shape index (κ2) is 4.59. The van der Waals surface area contributed by atoms with Crippen LogP contribution in [0.25, 0.3) is 0 Å². The van der Waals surface area contributed by atoms with Gasteiger partial charge in [-0.1, -0.05) is 11.6 Å². The topological polar surface area (TPSA) is 47.3 Å². The lowest BCUT2D eigenvalue weighted by atomic mass is 9.98. The molecule has 0 saturated carbocycles. The summed E-state index contributed by atoms with van der Waals surface area (Å²) in [7, 11) is 1.66. The standard InChI is InChI=1S/C9H15ClN2OS/c1-9(2,13-3)8(12-11)7-6(10)4-5-14-7/h4-5,8,12H,11H2,1-3H3. The molecule has 1 aromatic heterocycles. The van der Waals surface area contributed by atoms with Crippen LogP contribution in [0.2, 0.25) is 5.02 Å². The Morgan fingerprint density at radius 3 is 2.64 bits per heavy atom. The highest BCUT2D eigenvalue weighted by atomic mass is 35.5. The molecular weight excluding hydrogens is 220 g/mol. The average Bonchev–Trinajstić information content (AvgIpc) is 2.53. The lowest BCUT2D eigenvalue weighted by molar-refractivity contribution is -0.0101. The number of ether oxygens (including phenoxy) is 1. The minimum Gasteiger partial charge on any atom is -0.377 e. The van der Waals surface area contributed by atoms with E-state index < -0.39 is 0 Å². The van der Waals surface area contributed by atoms with E-state index in [9.17, 15) is 0 Å². The molecule has 1 unspecified atom stereocenters. The van der Waals surface area contributed by atoms with Crippen LogP contribution in [0.4, 0.5) is 0 Å². The highest BCUT2D eigenvalue weighted by molar-refractivity contribution is 7.10. The SMILES string of the molecule is COC(C)(C)C(NN)c1sccc1Cl. The number of rotatable bonds is 4. The molecule has 0 aliphatic carbocycles. The first-order chi connectivity index (χ1) is 6.53. The molecule has 0 saturated heterocycles. The second-order valence-electron chi connectivity index (χ2n) is 3.54. The lowest BCUT2D eigenvalue weighted by Crippen LogP contribution is -2.43. The molecule has 0 fully saturated rings. The Balaban J connectivity index is 2.99. The van der Waals surface area contributed by atoms with Crippen LogP contribution in [0.5, 0.6) is 0 Å². The number of nitrogens with one attached hydrogen (secondary N) is 1. The summed E-state index contributed by atoms with van der Waals surface area (Å²) in [5.74, 6) is 5.51. The van der Waals surface area contributed by atoms with E-state index >= 15 is 0 Å². The van der Waals surface area contributed by atoms with Crippen LogP contribution in [-0.2, 0) is 4.74 Å². The number of hydrogen-bond donors (Lipinski definition) is 2. The molecule has 3 N–H and O–H groups in total. The summed E-state index contributed by atoms with van der Waals surface area (Å²) in [4.78, 5) is 1.00. The number of thiophene rings is 1. The first-order valence-electron chi connectivity index (χ1n) is 4.27. The summed E-state index contributed by atoms with van der Waals surface area (Å²) in [5.41, 5.74) is 2.35. The van der Waals surface area contributed by atoms with Gasteiger partial charge < -0.3 is 4.74 Å². The molecule has 14 heavy (non-hydrogen) atoms. The summed E-state index contributed by atoms with van der Waals surface area (Å²) in [5, 5.41) is 2.66. The Kier molecular flexibility index (Phi) is 3.92. The predicted octanol–water partition coefficient (Wildman–Crippen LogP) is 2.33. The Labute approximate surface area is 93.2 Å². The van der Waals surface area contributed by atoms with Crippen LogP contribution in [-0.4, -0.2) is 12.7 Å². The number of halogens is 1. The third kappa shape index (κ3) is 2.27. The van der Waals surface area contributed by atoms with Crippen LogP contribution >= 0.6 is 22.9 Å². The minimum absolute atomic E-state index is 0.0972. The average molecular weight is 235 g/mol. The molecule has 5 heteroatoms. The van der Waals surface area contributed by atoms with Gasteiger partial charge in [0.25, 0.3) is 0 Å². The fraction of sp³-hybridized carbons (Fsp3) is 0.556. The number of methoxy groups -OCH3 is 1. The van der Waals surface area contributed by atoms with Gasteiger partial charge in [-0.15, -0.1) is 11.3 Å². The van der Waals surface area contributed by atoms with E-state index in [1.54, 1.807) is 18.4 Å². The number of hydrogen-bond acceptors (Lipinski definition) is 4. The van der Waals surface area contributed by atoms with Crippen molar-refractivity contribution >= 4 is 22.9 Å². The normalized spacial score (nSPS) is 14.4.